The molecule has 1 atom stereocenters. The second-order valence-electron chi connectivity index (χ2n) is 3.67. The summed E-state index contributed by atoms with van der Waals surface area (Å²) in [4.78, 5) is 12.0. The van der Waals surface area contributed by atoms with Crippen molar-refractivity contribution in [2.24, 2.45) is 5.14 Å². The zero-order valence-corrected chi connectivity index (χ0v) is 10.1. The number of benzene rings is 1. The molecule has 0 aliphatic rings. The van der Waals surface area contributed by atoms with E-state index in [0.29, 0.717) is 5.56 Å². The van der Waals surface area contributed by atoms with Gasteiger partial charge in [0.1, 0.15) is 5.25 Å². The van der Waals surface area contributed by atoms with E-state index in [9.17, 15) is 13.2 Å². The molecule has 2 N–H and O–H groups in total. The molecule has 0 aliphatic carbocycles. The summed E-state index contributed by atoms with van der Waals surface area (Å²) in [5, 5.41) is 3.89. The van der Waals surface area contributed by atoms with Crippen LogP contribution in [0.2, 0.25) is 0 Å². The monoisotopic (exact) mass is 241 g/mol. The van der Waals surface area contributed by atoms with E-state index in [2.05, 4.69) is 0 Å². The predicted molar refractivity (Wildman–Crippen MR) is 62.7 cm³/mol. The summed E-state index contributed by atoms with van der Waals surface area (Å²) in [7, 11) is -3.83. The molecular formula is C11H15NO3S. The van der Waals surface area contributed by atoms with E-state index in [4.69, 9.17) is 5.14 Å². The van der Waals surface area contributed by atoms with Crippen LogP contribution < -0.4 is 5.14 Å². The van der Waals surface area contributed by atoms with Crippen LogP contribution in [0, 0.1) is 6.92 Å². The average Bonchev–Trinajstić information content (AvgIpc) is 2.17. The molecule has 0 heterocycles. The lowest BCUT2D eigenvalue weighted by molar-refractivity contribution is 0.0985. The summed E-state index contributed by atoms with van der Waals surface area (Å²) in [5.41, 5.74) is 1.18. The molecule has 0 amide bonds. The summed E-state index contributed by atoms with van der Waals surface area (Å²) in [6.45, 7) is 3.40. The van der Waals surface area contributed by atoms with Crippen molar-refractivity contribution >= 4 is 15.8 Å². The fraction of sp³-hybridized carbons (Fsp3) is 0.364. The first kappa shape index (κ1) is 12.9. The van der Waals surface area contributed by atoms with E-state index in [1.165, 1.54) is 0 Å². The fourth-order valence-corrected chi connectivity index (χ4v) is 2.48. The van der Waals surface area contributed by atoms with E-state index in [1.807, 2.05) is 0 Å². The molecule has 0 spiro atoms. The van der Waals surface area contributed by atoms with Crippen LogP contribution in [0.1, 0.15) is 29.3 Å². The van der Waals surface area contributed by atoms with Crippen molar-refractivity contribution in [3.05, 3.63) is 35.4 Å². The minimum Gasteiger partial charge on any atom is -0.293 e. The maximum Gasteiger partial charge on any atom is 0.219 e. The van der Waals surface area contributed by atoms with Crippen LogP contribution in [0.25, 0.3) is 0 Å². The topological polar surface area (TPSA) is 77.2 Å². The highest BCUT2D eigenvalue weighted by atomic mass is 32.2. The van der Waals surface area contributed by atoms with Crippen LogP contribution in [0.3, 0.4) is 0 Å². The quantitative estimate of drug-likeness (QED) is 0.806. The minimum atomic E-state index is -3.83. The Bertz CT molecular complexity index is 494. The number of ketones is 1. The van der Waals surface area contributed by atoms with Crippen molar-refractivity contribution in [2.45, 2.75) is 25.5 Å². The number of hydrogen-bond acceptors (Lipinski definition) is 3. The van der Waals surface area contributed by atoms with E-state index in [1.54, 1.807) is 38.1 Å². The molecule has 4 nitrogen and oxygen atoms in total. The number of primary sulfonamides is 1. The molecule has 0 fully saturated rings. The molecule has 1 unspecified atom stereocenters. The zero-order valence-electron chi connectivity index (χ0n) is 9.30. The molecule has 1 aromatic carbocycles. The van der Waals surface area contributed by atoms with Crippen molar-refractivity contribution in [2.75, 3.05) is 0 Å². The first-order chi connectivity index (χ1) is 7.38. The zero-order chi connectivity index (χ0) is 12.3. The Morgan fingerprint density at radius 3 is 2.38 bits per heavy atom. The molecule has 0 saturated carbocycles. The van der Waals surface area contributed by atoms with Gasteiger partial charge in [-0.25, -0.2) is 13.6 Å². The number of carbonyl (C=O) groups is 1. The van der Waals surface area contributed by atoms with Crippen LogP contribution in [0.4, 0.5) is 0 Å². The Balaban J connectivity index is 3.16. The van der Waals surface area contributed by atoms with Gasteiger partial charge in [-0.3, -0.25) is 4.79 Å². The summed E-state index contributed by atoms with van der Waals surface area (Å²) < 4.78 is 22.5. The molecule has 0 aliphatic heterocycles. The van der Waals surface area contributed by atoms with Crippen LogP contribution >= 0.6 is 0 Å². The van der Waals surface area contributed by atoms with E-state index in [-0.39, 0.29) is 6.42 Å². The normalized spacial score (nSPS) is 13.4. The van der Waals surface area contributed by atoms with Crippen LogP contribution in [0.15, 0.2) is 24.3 Å². The third kappa shape index (κ3) is 2.68. The number of rotatable bonds is 4. The van der Waals surface area contributed by atoms with Crippen molar-refractivity contribution < 1.29 is 13.2 Å². The molecule has 0 radical (unpaired) electrons. The van der Waals surface area contributed by atoms with Gasteiger partial charge in [0.2, 0.25) is 10.0 Å². The SMILES string of the molecule is CCC(C(=O)c1ccccc1C)S(N)(=O)=O. The molecule has 1 rings (SSSR count). The first-order valence-corrected chi connectivity index (χ1v) is 6.60. The van der Waals surface area contributed by atoms with Crippen LogP contribution in [-0.4, -0.2) is 19.5 Å². The highest BCUT2D eigenvalue weighted by Crippen LogP contribution is 2.15. The second-order valence-corrected chi connectivity index (χ2v) is 5.41. The summed E-state index contributed by atoms with van der Waals surface area (Å²) in [6.07, 6.45) is 0.187. The molecule has 16 heavy (non-hydrogen) atoms. The highest BCUT2D eigenvalue weighted by molar-refractivity contribution is 7.90. The van der Waals surface area contributed by atoms with Crippen LogP contribution in [-0.2, 0) is 10.0 Å². The van der Waals surface area contributed by atoms with Gasteiger partial charge in [0.05, 0.1) is 0 Å². The number of Topliss-reactive ketones (excluding diaryl/α,β-unsaturated/α-hetero) is 1. The third-order valence-corrected chi connectivity index (χ3v) is 3.81. The molecule has 0 aromatic heterocycles. The molecule has 5 heteroatoms. The number of nitrogens with two attached hydrogens (primary N) is 1. The third-order valence-electron chi connectivity index (χ3n) is 2.47. The Hall–Kier alpha value is -1.20. The Kier molecular flexibility index (Phi) is 3.83. The van der Waals surface area contributed by atoms with Crippen molar-refractivity contribution in [3.8, 4) is 0 Å². The Morgan fingerprint density at radius 2 is 1.94 bits per heavy atom. The van der Waals surface area contributed by atoms with E-state index < -0.39 is 21.1 Å². The number of sulfonamides is 1. The second kappa shape index (κ2) is 4.76. The molecule has 0 bridgehead atoms. The Labute approximate surface area is 95.5 Å². The largest absolute Gasteiger partial charge is 0.293 e. The van der Waals surface area contributed by atoms with Crippen molar-refractivity contribution in [1.82, 2.24) is 0 Å². The lowest BCUT2D eigenvalue weighted by Crippen LogP contribution is -2.35. The van der Waals surface area contributed by atoms with Gasteiger partial charge in [-0.1, -0.05) is 31.2 Å². The van der Waals surface area contributed by atoms with Gasteiger partial charge in [-0.2, -0.15) is 0 Å². The van der Waals surface area contributed by atoms with Gasteiger partial charge in [0.15, 0.2) is 5.78 Å². The smallest absolute Gasteiger partial charge is 0.219 e. The molecule has 0 saturated heterocycles. The first-order valence-electron chi connectivity index (χ1n) is 4.99. The molecule has 1 aromatic rings. The lowest BCUT2D eigenvalue weighted by Gasteiger charge is -2.12. The van der Waals surface area contributed by atoms with Gasteiger partial charge >= 0.3 is 0 Å². The van der Waals surface area contributed by atoms with Gasteiger partial charge in [0, 0.05) is 5.56 Å². The van der Waals surface area contributed by atoms with Crippen molar-refractivity contribution in [3.63, 3.8) is 0 Å². The van der Waals surface area contributed by atoms with Gasteiger partial charge < -0.3 is 0 Å². The number of aryl methyl sites for hydroxylation is 1. The summed E-state index contributed by atoms with van der Waals surface area (Å²) in [5.74, 6) is -0.428. The fourth-order valence-electron chi connectivity index (χ4n) is 1.59. The molecular weight excluding hydrogens is 226 g/mol. The summed E-state index contributed by atoms with van der Waals surface area (Å²) in [6, 6.07) is 6.88. The minimum absolute atomic E-state index is 0.187. The van der Waals surface area contributed by atoms with Gasteiger partial charge in [0.25, 0.3) is 0 Å². The summed E-state index contributed by atoms with van der Waals surface area (Å²) >= 11 is 0. The van der Waals surface area contributed by atoms with E-state index in [0.717, 1.165) is 5.56 Å². The number of hydrogen-bond donors (Lipinski definition) is 1. The Morgan fingerprint density at radius 1 is 1.38 bits per heavy atom. The van der Waals surface area contributed by atoms with Crippen molar-refractivity contribution in [1.29, 1.82) is 0 Å². The maximum absolute atomic E-state index is 12.0. The van der Waals surface area contributed by atoms with Gasteiger partial charge in [-0.15, -0.1) is 0 Å². The lowest BCUT2D eigenvalue weighted by atomic mass is 10.0. The van der Waals surface area contributed by atoms with E-state index >= 15 is 0 Å². The maximum atomic E-state index is 12.0. The highest BCUT2D eigenvalue weighted by Gasteiger charge is 2.29. The molecule has 88 valence electrons. The van der Waals surface area contributed by atoms with Gasteiger partial charge in [-0.05, 0) is 18.9 Å². The standard InChI is InChI=1S/C11H15NO3S/c1-3-10(16(12,14)15)11(13)9-7-5-4-6-8(9)2/h4-7,10H,3H2,1-2H3,(H2,12,14,15). The predicted octanol–water partition coefficient (Wildman–Crippen LogP) is 1.24. The number of carbonyl (C=O) groups excluding carboxylic acids is 1. The average molecular weight is 241 g/mol. The van der Waals surface area contributed by atoms with Crippen LogP contribution in [0.5, 0.6) is 0 Å².